The van der Waals surface area contributed by atoms with Crippen LogP contribution in [0.4, 0.5) is 5.82 Å². The summed E-state index contributed by atoms with van der Waals surface area (Å²) in [5.41, 5.74) is 1.10. The van der Waals surface area contributed by atoms with Crippen LogP contribution in [0.5, 0.6) is 11.5 Å². The number of nitrogens with one attached hydrogen (secondary N) is 1. The maximum Gasteiger partial charge on any atom is 0.164 e. The van der Waals surface area contributed by atoms with Gasteiger partial charge in [-0.05, 0) is 42.0 Å². The van der Waals surface area contributed by atoms with Gasteiger partial charge in [-0.3, -0.25) is 0 Å². The molecule has 0 saturated carbocycles. The molecule has 24 heavy (non-hydrogen) atoms. The monoisotopic (exact) mass is 378 g/mol. The van der Waals surface area contributed by atoms with E-state index in [-0.39, 0.29) is 0 Å². The minimum absolute atomic E-state index is 0.369. The maximum absolute atomic E-state index is 6.12. The second-order valence-corrected chi connectivity index (χ2v) is 6.26. The Labute approximate surface area is 155 Å². The van der Waals surface area contributed by atoms with Gasteiger partial charge in [-0.25, -0.2) is 4.98 Å². The van der Waals surface area contributed by atoms with E-state index in [1.165, 1.54) is 0 Å². The van der Waals surface area contributed by atoms with E-state index in [2.05, 4.69) is 10.3 Å². The summed E-state index contributed by atoms with van der Waals surface area (Å²) in [4.78, 5) is 4.22. The minimum Gasteiger partial charge on any atom is -0.454 e. The lowest BCUT2D eigenvalue weighted by atomic mass is 10.2. The van der Waals surface area contributed by atoms with Gasteiger partial charge in [0.25, 0.3) is 0 Å². The van der Waals surface area contributed by atoms with Crippen molar-refractivity contribution in [3.8, 4) is 11.5 Å². The van der Waals surface area contributed by atoms with Crippen molar-refractivity contribution in [3.63, 3.8) is 0 Å². The lowest BCUT2D eigenvalue weighted by Gasteiger charge is -2.11. The second kappa shape index (κ2) is 7.75. The normalized spacial score (nSPS) is 10.5. The number of nitrogens with zero attached hydrogens (tertiary/aromatic N) is 1. The van der Waals surface area contributed by atoms with E-state index in [9.17, 15) is 0 Å². The molecule has 3 aromatic rings. The highest BCUT2D eigenvalue weighted by Crippen LogP contribution is 2.38. The zero-order valence-electron chi connectivity index (χ0n) is 12.5. The van der Waals surface area contributed by atoms with Crippen molar-refractivity contribution < 1.29 is 4.74 Å². The molecule has 1 aromatic heterocycles. The number of hydrogen-bond donors (Lipinski definition) is 1. The van der Waals surface area contributed by atoms with Crippen molar-refractivity contribution in [3.05, 3.63) is 81.4 Å². The molecule has 0 amide bonds. The second-order valence-electron chi connectivity index (χ2n) is 5.01. The highest BCUT2D eigenvalue weighted by atomic mass is 35.5. The summed E-state index contributed by atoms with van der Waals surface area (Å²) in [5, 5.41) is 4.45. The fraction of sp³-hybridized carbons (Fsp3) is 0.0556. The van der Waals surface area contributed by atoms with Crippen LogP contribution in [-0.2, 0) is 6.54 Å². The zero-order valence-corrected chi connectivity index (χ0v) is 14.7. The van der Waals surface area contributed by atoms with E-state index < -0.39 is 0 Å². The highest BCUT2D eigenvalue weighted by Gasteiger charge is 2.10. The largest absolute Gasteiger partial charge is 0.454 e. The van der Waals surface area contributed by atoms with E-state index in [4.69, 9.17) is 39.5 Å². The van der Waals surface area contributed by atoms with Crippen molar-refractivity contribution in [2.24, 2.45) is 0 Å². The molecule has 0 aliphatic heterocycles. The van der Waals surface area contributed by atoms with Crippen LogP contribution in [-0.4, -0.2) is 4.98 Å². The van der Waals surface area contributed by atoms with Crippen molar-refractivity contribution in [1.29, 1.82) is 0 Å². The molecule has 0 unspecified atom stereocenters. The Hall–Kier alpha value is -1.94. The lowest BCUT2D eigenvalue weighted by Crippen LogP contribution is -2.00. The smallest absolute Gasteiger partial charge is 0.164 e. The van der Waals surface area contributed by atoms with Crippen LogP contribution in [0.3, 0.4) is 0 Å². The number of rotatable bonds is 5. The van der Waals surface area contributed by atoms with Crippen LogP contribution < -0.4 is 10.1 Å². The molecule has 2 aromatic carbocycles. The predicted octanol–water partition coefficient (Wildman–Crippen LogP) is 6.45. The molecule has 0 spiro atoms. The summed E-state index contributed by atoms with van der Waals surface area (Å²) in [5.74, 6) is 1.86. The van der Waals surface area contributed by atoms with Crippen LogP contribution in [0, 0.1) is 0 Å². The first-order valence-corrected chi connectivity index (χ1v) is 8.31. The molecule has 3 rings (SSSR count). The Balaban J connectivity index is 1.67. The number of pyridine rings is 1. The molecular weight excluding hydrogens is 367 g/mol. The third-order valence-electron chi connectivity index (χ3n) is 3.24. The molecule has 0 saturated heterocycles. The van der Waals surface area contributed by atoms with Gasteiger partial charge in [-0.15, -0.1) is 0 Å². The standard InChI is InChI=1S/C18H13Cl3N2O/c19-13-9-15(20)18(16(21)10-13)24-14-6-4-12(5-7-14)11-23-17-3-1-2-8-22-17/h1-10H,11H2,(H,22,23). The first kappa shape index (κ1) is 16.9. The van der Waals surface area contributed by atoms with Gasteiger partial charge in [0.15, 0.2) is 5.75 Å². The van der Waals surface area contributed by atoms with Crippen molar-refractivity contribution in [2.75, 3.05) is 5.32 Å². The van der Waals surface area contributed by atoms with E-state index in [1.807, 2.05) is 42.5 Å². The molecule has 0 bridgehead atoms. The van der Waals surface area contributed by atoms with E-state index in [0.717, 1.165) is 11.4 Å². The fourth-order valence-electron chi connectivity index (χ4n) is 2.08. The third kappa shape index (κ3) is 4.32. The summed E-state index contributed by atoms with van der Waals surface area (Å²) in [7, 11) is 0. The molecule has 0 aliphatic carbocycles. The lowest BCUT2D eigenvalue weighted by molar-refractivity contribution is 0.483. The van der Waals surface area contributed by atoms with Gasteiger partial charge >= 0.3 is 0 Å². The first-order chi connectivity index (χ1) is 11.6. The zero-order chi connectivity index (χ0) is 16.9. The summed E-state index contributed by atoms with van der Waals surface area (Å²) in [6, 6.07) is 16.6. The van der Waals surface area contributed by atoms with Crippen LogP contribution in [0.25, 0.3) is 0 Å². The fourth-order valence-corrected chi connectivity index (χ4v) is 2.97. The van der Waals surface area contributed by atoms with Crippen LogP contribution >= 0.6 is 34.8 Å². The number of ether oxygens (including phenoxy) is 1. The Morgan fingerprint density at radius 2 is 1.62 bits per heavy atom. The summed E-state index contributed by atoms with van der Waals surface area (Å²) >= 11 is 18.1. The molecular formula is C18H13Cl3N2O. The summed E-state index contributed by atoms with van der Waals surface area (Å²) < 4.78 is 5.76. The number of halogens is 3. The molecule has 0 aliphatic rings. The highest BCUT2D eigenvalue weighted by molar-refractivity contribution is 6.40. The molecule has 0 fully saturated rings. The predicted molar refractivity (Wildman–Crippen MR) is 99.6 cm³/mol. The van der Waals surface area contributed by atoms with Gasteiger partial charge in [0, 0.05) is 17.8 Å². The van der Waals surface area contributed by atoms with E-state index in [0.29, 0.717) is 33.1 Å². The Bertz CT molecular complexity index is 800. The molecule has 6 heteroatoms. The Morgan fingerprint density at radius 3 is 2.25 bits per heavy atom. The Kier molecular flexibility index (Phi) is 5.46. The van der Waals surface area contributed by atoms with Crippen LogP contribution in [0.2, 0.25) is 15.1 Å². The van der Waals surface area contributed by atoms with Gasteiger partial charge in [-0.2, -0.15) is 0 Å². The quantitative estimate of drug-likeness (QED) is 0.553. The SMILES string of the molecule is Clc1cc(Cl)c(Oc2ccc(CNc3ccccn3)cc2)c(Cl)c1. The summed E-state index contributed by atoms with van der Waals surface area (Å²) in [6.07, 6.45) is 1.75. The minimum atomic E-state index is 0.369. The van der Waals surface area contributed by atoms with Gasteiger partial charge < -0.3 is 10.1 Å². The van der Waals surface area contributed by atoms with Gasteiger partial charge in [0.2, 0.25) is 0 Å². The molecule has 1 N–H and O–H groups in total. The first-order valence-electron chi connectivity index (χ1n) is 7.18. The maximum atomic E-state index is 6.12. The van der Waals surface area contributed by atoms with Crippen LogP contribution in [0.1, 0.15) is 5.56 Å². The topological polar surface area (TPSA) is 34.1 Å². The van der Waals surface area contributed by atoms with Crippen LogP contribution in [0.15, 0.2) is 60.8 Å². The average Bonchev–Trinajstić information content (AvgIpc) is 2.58. The Morgan fingerprint density at radius 1 is 0.917 bits per heavy atom. The van der Waals surface area contributed by atoms with E-state index >= 15 is 0 Å². The third-order valence-corrected chi connectivity index (χ3v) is 4.02. The van der Waals surface area contributed by atoms with Gasteiger partial charge in [0.1, 0.15) is 11.6 Å². The number of aromatic nitrogens is 1. The number of hydrogen-bond acceptors (Lipinski definition) is 3. The molecule has 1 heterocycles. The number of anilines is 1. The molecule has 0 radical (unpaired) electrons. The number of benzene rings is 2. The molecule has 3 nitrogen and oxygen atoms in total. The van der Waals surface area contributed by atoms with Gasteiger partial charge in [0.05, 0.1) is 10.0 Å². The van der Waals surface area contributed by atoms with Gasteiger partial charge in [-0.1, -0.05) is 53.0 Å². The molecule has 122 valence electrons. The van der Waals surface area contributed by atoms with Crippen molar-refractivity contribution >= 4 is 40.6 Å². The van der Waals surface area contributed by atoms with Crippen molar-refractivity contribution in [1.82, 2.24) is 4.98 Å². The van der Waals surface area contributed by atoms with E-state index in [1.54, 1.807) is 18.3 Å². The summed E-state index contributed by atoms with van der Waals surface area (Å²) in [6.45, 7) is 0.666. The van der Waals surface area contributed by atoms with Crippen molar-refractivity contribution in [2.45, 2.75) is 6.54 Å². The molecule has 0 atom stereocenters. The average molecular weight is 380 g/mol.